The Morgan fingerprint density at radius 1 is 1.42 bits per heavy atom. The minimum Gasteiger partial charge on any atom is -0.490 e. The molecule has 0 unspecified atom stereocenters. The summed E-state index contributed by atoms with van der Waals surface area (Å²) in [6.07, 6.45) is 1.52. The quantitative estimate of drug-likeness (QED) is 0.379. The number of alkyl carbamates (subject to hydrolysis) is 1. The van der Waals surface area contributed by atoms with Crippen LogP contribution in [0.2, 0.25) is 24.8 Å². The molecule has 5 nitrogen and oxygen atoms in total. The number of rotatable bonds is 5. The molecule has 1 rings (SSSR count). The summed E-state index contributed by atoms with van der Waals surface area (Å²) in [5.41, 5.74) is 2.73. The van der Waals surface area contributed by atoms with Gasteiger partial charge in [-0.15, -0.1) is 11.5 Å². The molecule has 1 N–H and O–H groups in total. The molecule has 1 aromatic heterocycles. The summed E-state index contributed by atoms with van der Waals surface area (Å²) < 4.78 is 11.7. The number of amides is 1. The summed E-state index contributed by atoms with van der Waals surface area (Å²) in [6.45, 7) is 12.2. The Bertz CT molecular complexity index is 690. The van der Waals surface area contributed by atoms with Gasteiger partial charge < -0.3 is 14.8 Å². The molecule has 0 aliphatic heterocycles. The van der Waals surface area contributed by atoms with Gasteiger partial charge in [0.15, 0.2) is 0 Å². The molecular weight excluding hydrogens is 436 g/mol. The van der Waals surface area contributed by atoms with E-state index < -0.39 is 19.8 Å². The van der Waals surface area contributed by atoms with Gasteiger partial charge in [-0.3, -0.25) is 0 Å². The van der Waals surface area contributed by atoms with Gasteiger partial charge >= 0.3 is 6.09 Å². The second kappa shape index (κ2) is 9.63. The zero-order valence-electron chi connectivity index (χ0n) is 16.1. The van der Waals surface area contributed by atoms with Crippen molar-refractivity contribution in [2.45, 2.75) is 58.5 Å². The fourth-order valence-electron chi connectivity index (χ4n) is 1.74. The largest absolute Gasteiger partial charge is 0.490 e. The van der Waals surface area contributed by atoms with Crippen LogP contribution in [-0.2, 0) is 4.74 Å². The van der Waals surface area contributed by atoms with E-state index in [9.17, 15) is 4.79 Å². The molecule has 26 heavy (non-hydrogen) atoms. The van der Waals surface area contributed by atoms with Crippen LogP contribution in [-0.4, -0.2) is 37.4 Å². The van der Waals surface area contributed by atoms with Crippen LogP contribution >= 0.6 is 27.5 Å². The summed E-state index contributed by atoms with van der Waals surface area (Å²) in [5.74, 6) is 3.72. The van der Waals surface area contributed by atoms with E-state index in [1.54, 1.807) is 6.07 Å². The van der Waals surface area contributed by atoms with Crippen molar-refractivity contribution in [2.24, 2.45) is 0 Å². The normalized spacial score (nSPS) is 12.6. The van der Waals surface area contributed by atoms with Crippen LogP contribution in [0.4, 0.5) is 4.79 Å². The number of halogens is 2. The van der Waals surface area contributed by atoms with Crippen LogP contribution in [0.25, 0.3) is 0 Å². The monoisotopic (exact) mass is 460 g/mol. The Morgan fingerprint density at radius 2 is 2.08 bits per heavy atom. The summed E-state index contributed by atoms with van der Waals surface area (Å²) >= 11 is 9.19. The minimum absolute atomic E-state index is 0.245. The van der Waals surface area contributed by atoms with Crippen molar-refractivity contribution in [2.75, 3.05) is 6.61 Å². The third kappa shape index (κ3) is 10.0. The van der Waals surface area contributed by atoms with Gasteiger partial charge in [-0.1, -0.05) is 31.2 Å². The van der Waals surface area contributed by atoms with Gasteiger partial charge in [-0.2, -0.15) is 0 Å². The number of nitrogens with zero attached hydrogens (tertiary/aromatic N) is 1. The maximum Gasteiger partial charge on any atom is 0.408 e. The minimum atomic E-state index is -1.48. The van der Waals surface area contributed by atoms with Gasteiger partial charge in [0, 0.05) is 6.42 Å². The van der Waals surface area contributed by atoms with Crippen LogP contribution in [0.5, 0.6) is 5.75 Å². The molecule has 0 aliphatic carbocycles. The number of pyridine rings is 1. The smallest absolute Gasteiger partial charge is 0.408 e. The molecule has 0 fully saturated rings. The number of hydrogen-bond acceptors (Lipinski definition) is 4. The summed E-state index contributed by atoms with van der Waals surface area (Å²) in [5, 5.41) is 3.19. The average Bonchev–Trinajstić information content (AvgIpc) is 2.44. The Labute approximate surface area is 170 Å². The van der Waals surface area contributed by atoms with Crippen molar-refractivity contribution in [3.8, 4) is 17.2 Å². The Hall–Kier alpha value is -1.23. The highest BCUT2D eigenvalue weighted by molar-refractivity contribution is 9.10. The average molecular weight is 462 g/mol. The van der Waals surface area contributed by atoms with Crippen LogP contribution in [0.3, 0.4) is 0 Å². The maximum absolute atomic E-state index is 12.1. The number of hydrogen-bond donors (Lipinski definition) is 1. The molecule has 0 bridgehead atoms. The lowest BCUT2D eigenvalue weighted by molar-refractivity contribution is 0.0489. The highest BCUT2D eigenvalue weighted by Crippen LogP contribution is 2.24. The van der Waals surface area contributed by atoms with E-state index in [-0.39, 0.29) is 12.6 Å². The molecule has 0 saturated carbocycles. The fraction of sp³-hybridized carbons (Fsp3) is 0.556. The molecule has 1 aromatic rings. The van der Waals surface area contributed by atoms with E-state index in [2.05, 4.69) is 57.3 Å². The SMILES string of the molecule is CC(C)(C)OC(=O)N[C@@H](CC#C[Si](C)(C)C)COc1cnc(Cl)c(Br)c1. The van der Waals surface area contributed by atoms with Crippen molar-refractivity contribution in [1.29, 1.82) is 0 Å². The summed E-state index contributed by atoms with van der Waals surface area (Å²) in [4.78, 5) is 16.1. The molecule has 144 valence electrons. The molecular formula is C18H26BrClN2O3Si. The number of carbonyl (C=O) groups excluding carboxylic acids is 1. The number of aromatic nitrogens is 1. The van der Waals surface area contributed by atoms with Crippen molar-refractivity contribution >= 4 is 41.7 Å². The number of ether oxygens (including phenoxy) is 2. The van der Waals surface area contributed by atoms with Crippen molar-refractivity contribution in [3.63, 3.8) is 0 Å². The molecule has 0 radical (unpaired) electrons. The van der Waals surface area contributed by atoms with E-state index in [1.165, 1.54) is 6.20 Å². The molecule has 1 heterocycles. The van der Waals surface area contributed by atoms with E-state index in [0.717, 1.165) is 0 Å². The molecule has 0 saturated heterocycles. The zero-order chi connectivity index (χ0) is 20.0. The predicted octanol–water partition coefficient (Wildman–Crippen LogP) is 5.04. The molecule has 1 amide bonds. The lowest BCUT2D eigenvalue weighted by Crippen LogP contribution is -2.42. The summed E-state index contributed by atoms with van der Waals surface area (Å²) in [7, 11) is -1.48. The molecule has 1 atom stereocenters. The molecule has 0 aromatic carbocycles. The van der Waals surface area contributed by atoms with Crippen LogP contribution in [0, 0.1) is 11.5 Å². The van der Waals surface area contributed by atoms with Crippen LogP contribution < -0.4 is 10.1 Å². The Morgan fingerprint density at radius 3 is 2.62 bits per heavy atom. The molecule has 0 spiro atoms. The van der Waals surface area contributed by atoms with Gasteiger partial charge in [0.25, 0.3) is 0 Å². The highest BCUT2D eigenvalue weighted by atomic mass is 79.9. The Kier molecular flexibility index (Phi) is 8.45. The van der Waals surface area contributed by atoms with Crippen LogP contribution in [0.1, 0.15) is 27.2 Å². The standard InChI is InChI=1S/C18H26BrClN2O3Si/c1-18(2,3)25-17(23)22-13(8-7-9-26(4,5)6)12-24-14-10-15(19)16(20)21-11-14/h10-11,13H,8,12H2,1-6H3,(H,22,23)/t13-/m0/s1. The summed E-state index contributed by atoms with van der Waals surface area (Å²) in [6, 6.07) is 1.43. The third-order valence-corrected chi connectivity index (χ3v) is 4.82. The molecule has 0 aliphatic rings. The number of carbonyl (C=O) groups is 1. The van der Waals surface area contributed by atoms with E-state index in [0.29, 0.717) is 21.8 Å². The van der Waals surface area contributed by atoms with Gasteiger partial charge in [0.05, 0.1) is 16.7 Å². The topological polar surface area (TPSA) is 60.5 Å². The Balaban J connectivity index is 2.76. The van der Waals surface area contributed by atoms with E-state index >= 15 is 0 Å². The first-order chi connectivity index (χ1) is 11.9. The first-order valence-corrected chi connectivity index (χ1v) is 13.0. The van der Waals surface area contributed by atoms with Crippen molar-refractivity contribution in [3.05, 3.63) is 21.9 Å². The maximum atomic E-state index is 12.1. The third-order valence-electron chi connectivity index (χ3n) is 2.76. The van der Waals surface area contributed by atoms with Gasteiger partial charge in [0.1, 0.15) is 31.2 Å². The second-order valence-corrected chi connectivity index (χ2v) is 13.8. The van der Waals surface area contributed by atoms with E-state index in [1.807, 2.05) is 20.8 Å². The highest BCUT2D eigenvalue weighted by Gasteiger charge is 2.20. The van der Waals surface area contributed by atoms with Crippen LogP contribution in [0.15, 0.2) is 16.7 Å². The van der Waals surface area contributed by atoms with Gasteiger partial charge in [0.2, 0.25) is 0 Å². The van der Waals surface area contributed by atoms with Crippen molar-refractivity contribution < 1.29 is 14.3 Å². The van der Waals surface area contributed by atoms with Gasteiger partial charge in [-0.05, 0) is 42.8 Å². The van der Waals surface area contributed by atoms with E-state index in [4.69, 9.17) is 21.1 Å². The first-order valence-electron chi connectivity index (χ1n) is 8.29. The second-order valence-electron chi connectivity index (χ2n) is 7.85. The van der Waals surface area contributed by atoms with Gasteiger partial charge in [-0.25, -0.2) is 9.78 Å². The fourth-order valence-corrected chi connectivity index (χ4v) is 2.81. The van der Waals surface area contributed by atoms with Crippen molar-refractivity contribution in [1.82, 2.24) is 10.3 Å². The first kappa shape index (κ1) is 22.8. The predicted molar refractivity (Wildman–Crippen MR) is 111 cm³/mol. The number of nitrogens with one attached hydrogen (secondary N) is 1. The zero-order valence-corrected chi connectivity index (χ0v) is 19.4. The lowest BCUT2D eigenvalue weighted by Gasteiger charge is -2.23. The lowest BCUT2D eigenvalue weighted by atomic mass is 10.2. The molecule has 8 heteroatoms.